The summed E-state index contributed by atoms with van der Waals surface area (Å²) in [5.41, 5.74) is 2.89. The SMILES string of the molecule is CC(C)C(=O)Nc1nc2ccc(CCC(=O)NCc3cccc(Cl)c3)cc2s1. The van der Waals surface area contributed by atoms with Crippen LogP contribution in [0.5, 0.6) is 0 Å². The standard InChI is InChI=1S/C21H22ClN3O2S/c1-13(2)20(27)25-21-24-17-8-6-14(11-18(17)28-21)7-9-19(26)23-12-15-4-3-5-16(22)10-15/h3-6,8,10-11,13H,7,9,12H2,1-2H3,(H,23,26)(H,24,25,27). The van der Waals surface area contributed by atoms with E-state index in [0.29, 0.717) is 29.5 Å². The van der Waals surface area contributed by atoms with Crippen molar-refractivity contribution in [3.05, 3.63) is 58.6 Å². The molecule has 2 amide bonds. The molecule has 28 heavy (non-hydrogen) atoms. The molecule has 7 heteroatoms. The van der Waals surface area contributed by atoms with Gasteiger partial charge in [0.15, 0.2) is 5.13 Å². The number of amides is 2. The van der Waals surface area contributed by atoms with Crippen molar-refractivity contribution in [2.45, 2.75) is 33.2 Å². The second kappa shape index (κ2) is 9.17. The summed E-state index contributed by atoms with van der Waals surface area (Å²) >= 11 is 7.40. The van der Waals surface area contributed by atoms with Crippen LogP contribution < -0.4 is 10.6 Å². The van der Waals surface area contributed by atoms with Crippen molar-refractivity contribution >= 4 is 50.1 Å². The summed E-state index contributed by atoms with van der Waals surface area (Å²) in [7, 11) is 0. The van der Waals surface area contributed by atoms with Crippen LogP contribution in [0.2, 0.25) is 5.02 Å². The number of anilines is 1. The molecule has 5 nitrogen and oxygen atoms in total. The number of hydrogen-bond donors (Lipinski definition) is 2. The molecule has 0 spiro atoms. The zero-order valence-corrected chi connectivity index (χ0v) is 17.4. The van der Waals surface area contributed by atoms with Gasteiger partial charge in [-0.15, -0.1) is 0 Å². The number of rotatable bonds is 7. The lowest BCUT2D eigenvalue weighted by atomic mass is 10.1. The Hall–Kier alpha value is -2.44. The largest absolute Gasteiger partial charge is 0.352 e. The molecular formula is C21H22ClN3O2S. The summed E-state index contributed by atoms with van der Waals surface area (Å²) in [6.45, 7) is 4.16. The second-order valence-corrected chi connectivity index (χ2v) is 8.34. The van der Waals surface area contributed by atoms with Crippen LogP contribution in [0.25, 0.3) is 10.2 Å². The zero-order chi connectivity index (χ0) is 20.1. The van der Waals surface area contributed by atoms with Gasteiger partial charge < -0.3 is 10.6 Å². The molecule has 2 aromatic carbocycles. The Labute approximate surface area is 173 Å². The fraction of sp³-hybridized carbons (Fsp3) is 0.286. The minimum atomic E-state index is -0.0898. The van der Waals surface area contributed by atoms with Gasteiger partial charge in [-0.1, -0.05) is 55.0 Å². The molecule has 1 aromatic heterocycles. The van der Waals surface area contributed by atoms with Crippen molar-refractivity contribution in [2.75, 3.05) is 5.32 Å². The summed E-state index contributed by atoms with van der Waals surface area (Å²) in [5, 5.41) is 7.01. The van der Waals surface area contributed by atoms with Crippen molar-refractivity contribution in [1.82, 2.24) is 10.3 Å². The first-order chi connectivity index (χ1) is 13.4. The van der Waals surface area contributed by atoms with Crippen LogP contribution in [0.4, 0.5) is 5.13 Å². The monoisotopic (exact) mass is 415 g/mol. The number of hydrogen-bond acceptors (Lipinski definition) is 4. The Kier molecular flexibility index (Phi) is 6.65. The van der Waals surface area contributed by atoms with Gasteiger partial charge in [0.05, 0.1) is 10.2 Å². The molecule has 146 valence electrons. The third-order valence-electron chi connectivity index (χ3n) is 4.23. The summed E-state index contributed by atoms with van der Waals surface area (Å²) < 4.78 is 0.996. The number of fused-ring (bicyclic) bond motifs is 1. The fourth-order valence-electron chi connectivity index (χ4n) is 2.62. The third-order valence-corrected chi connectivity index (χ3v) is 5.40. The molecule has 0 radical (unpaired) electrons. The molecule has 0 saturated carbocycles. The number of thiazole rings is 1. The Balaban J connectivity index is 1.55. The van der Waals surface area contributed by atoms with E-state index in [0.717, 1.165) is 21.3 Å². The molecule has 2 N–H and O–H groups in total. The third kappa shape index (κ3) is 5.53. The minimum absolute atomic E-state index is 0.00531. The molecule has 0 unspecified atom stereocenters. The lowest BCUT2D eigenvalue weighted by molar-refractivity contribution is -0.121. The van der Waals surface area contributed by atoms with Crippen LogP contribution in [0.3, 0.4) is 0 Å². The van der Waals surface area contributed by atoms with E-state index in [4.69, 9.17) is 11.6 Å². The van der Waals surface area contributed by atoms with Gasteiger partial charge in [-0.05, 0) is 41.8 Å². The van der Waals surface area contributed by atoms with Gasteiger partial charge in [0, 0.05) is 23.9 Å². The highest BCUT2D eigenvalue weighted by Crippen LogP contribution is 2.27. The van der Waals surface area contributed by atoms with E-state index in [1.807, 2.05) is 56.3 Å². The van der Waals surface area contributed by atoms with Gasteiger partial charge in [-0.3, -0.25) is 9.59 Å². The number of aromatic nitrogens is 1. The number of carbonyl (C=O) groups is 2. The van der Waals surface area contributed by atoms with Crippen molar-refractivity contribution < 1.29 is 9.59 Å². The van der Waals surface area contributed by atoms with Gasteiger partial charge in [0.25, 0.3) is 0 Å². The molecule has 0 fully saturated rings. The van der Waals surface area contributed by atoms with E-state index in [9.17, 15) is 9.59 Å². The molecular weight excluding hydrogens is 394 g/mol. The van der Waals surface area contributed by atoms with E-state index < -0.39 is 0 Å². The van der Waals surface area contributed by atoms with Gasteiger partial charge in [-0.25, -0.2) is 4.98 Å². The molecule has 3 aromatic rings. The van der Waals surface area contributed by atoms with E-state index >= 15 is 0 Å². The number of nitrogens with one attached hydrogen (secondary N) is 2. The summed E-state index contributed by atoms with van der Waals surface area (Å²) in [6, 6.07) is 13.4. The first-order valence-electron chi connectivity index (χ1n) is 9.12. The van der Waals surface area contributed by atoms with Crippen LogP contribution >= 0.6 is 22.9 Å². The van der Waals surface area contributed by atoms with Gasteiger partial charge in [0.2, 0.25) is 11.8 Å². The number of nitrogens with zero attached hydrogens (tertiary/aromatic N) is 1. The molecule has 1 heterocycles. The first kappa shape index (κ1) is 20.3. The molecule has 0 saturated heterocycles. The predicted octanol–water partition coefficient (Wildman–Crippen LogP) is 4.79. The van der Waals surface area contributed by atoms with Gasteiger partial charge in [-0.2, -0.15) is 0 Å². The summed E-state index contributed by atoms with van der Waals surface area (Å²) in [4.78, 5) is 28.4. The average Bonchev–Trinajstić information content (AvgIpc) is 3.06. The van der Waals surface area contributed by atoms with Crippen molar-refractivity contribution in [3.63, 3.8) is 0 Å². The number of halogens is 1. The number of benzene rings is 2. The number of aryl methyl sites for hydroxylation is 1. The Morgan fingerprint density at radius 1 is 1.14 bits per heavy atom. The highest BCUT2D eigenvalue weighted by molar-refractivity contribution is 7.22. The van der Waals surface area contributed by atoms with E-state index in [2.05, 4.69) is 15.6 Å². The maximum absolute atomic E-state index is 12.1. The van der Waals surface area contributed by atoms with Crippen LogP contribution in [0.1, 0.15) is 31.4 Å². The van der Waals surface area contributed by atoms with E-state index in [1.165, 1.54) is 11.3 Å². The Bertz CT molecular complexity index is 1000. The van der Waals surface area contributed by atoms with E-state index in [1.54, 1.807) is 0 Å². The van der Waals surface area contributed by atoms with Crippen LogP contribution in [0, 0.1) is 5.92 Å². The lowest BCUT2D eigenvalue weighted by Gasteiger charge is -2.06. The van der Waals surface area contributed by atoms with Crippen molar-refractivity contribution in [1.29, 1.82) is 0 Å². The predicted molar refractivity (Wildman–Crippen MR) is 115 cm³/mol. The number of carbonyl (C=O) groups excluding carboxylic acids is 2. The molecule has 0 bridgehead atoms. The maximum Gasteiger partial charge on any atom is 0.228 e. The van der Waals surface area contributed by atoms with E-state index in [-0.39, 0.29) is 17.7 Å². The fourth-order valence-corrected chi connectivity index (χ4v) is 3.77. The lowest BCUT2D eigenvalue weighted by Crippen LogP contribution is -2.22. The molecule has 0 aliphatic heterocycles. The smallest absolute Gasteiger partial charge is 0.228 e. The van der Waals surface area contributed by atoms with Crippen LogP contribution in [-0.4, -0.2) is 16.8 Å². The molecule has 0 atom stereocenters. The van der Waals surface area contributed by atoms with Crippen molar-refractivity contribution in [2.24, 2.45) is 5.92 Å². The Morgan fingerprint density at radius 3 is 2.71 bits per heavy atom. The Morgan fingerprint density at radius 2 is 1.96 bits per heavy atom. The minimum Gasteiger partial charge on any atom is -0.352 e. The first-order valence-corrected chi connectivity index (χ1v) is 10.3. The van der Waals surface area contributed by atoms with Gasteiger partial charge >= 0.3 is 0 Å². The topological polar surface area (TPSA) is 71.1 Å². The highest BCUT2D eigenvalue weighted by atomic mass is 35.5. The van der Waals surface area contributed by atoms with Crippen molar-refractivity contribution in [3.8, 4) is 0 Å². The summed E-state index contributed by atoms with van der Waals surface area (Å²) in [5.74, 6) is -0.141. The second-order valence-electron chi connectivity index (χ2n) is 6.87. The average molecular weight is 416 g/mol. The molecule has 3 rings (SSSR count). The van der Waals surface area contributed by atoms with Crippen LogP contribution in [-0.2, 0) is 22.6 Å². The van der Waals surface area contributed by atoms with Gasteiger partial charge in [0.1, 0.15) is 0 Å². The quantitative estimate of drug-likeness (QED) is 0.582. The maximum atomic E-state index is 12.1. The normalized spacial score (nSPS) is 11.0. The van der Waals surface area contributed by atoms with Crippen LogP contribution in [0.15, 0.2) is 42.5 Å². The zero-order valence-electron chi connectivity index (χ0n) is 15.8. The highest BCUT2D eigenvalue weighted by Gasteiger charge is 2.11. The molecule has 0 aliphatic rings. The summed E-state index contributed by atoms with van der Waals surface area (Å²) in [6.07, 6.45) is 1.05. The molecule has 0 aliphatic carbocycles.